The number of anilines is 1. The van der Waals surface area contributed by atoms with Gasteiger partial charge in [-0.3, -0.25) is 9.59 Å². The van der Waals surface area contributed by atoms with Gasteiger partial charge in [-0.15, -0.1) is 0 Å². The van der Waals surface area contributed by atoms with Crippen molar-refractivity contribution in [3.8, 4) is 0 Å². The Hall–Kier alpha value is -1.93. The fraction of sp³-hybridized carbons (Fsp3) is 0.278. The average Bonchev–Trinajstić information content (AvgIpc) is 2.62. The molecule has 0 spiro atoms. The number of unbranched alkanes of at least 4 members (excludes halogenated alkanes) is 1. The van der Waals surface area contributed by atoms with Gasteiger partial charge in [0, 0.05) is 17.2 Å². The first-order valence-corrected chi connectivity index (χ1v) is 9.90. The SMILES string of the molecule is CCCCNC(=O)c1cccnc1SCC(=O)Nc1ccc(Br)cc1F. The van der Waals surface area contributed by atoms with Crippen LogP contribution in [0.2, 0.25) is 0 Å². The van der Waals surface area contributed by atoms with E-state index in [9.17, 15) is 14.0 Å². The molecule has 0 saturated heterocycles. The van der Waals surface area contributed by atoms with Gasteiger partial charge in [0.05, 0.1) is 17.0 Å². The Balaban J connectivity index is 1.96. The zero-order chi connectivity index (χ0) is 18.9. The van der Waals surface area contributed by atoms with Gasteiger partial charge in [0.15, 0.2) is 0 Å². The van der Waals surface area contributed by atoms with E-state index in [1.807, 2.05) is 6.92 Å². The van der Waals surface area contributed by atoms with Gasteiger partial charge in [0.25, 0.3) is 5.91 Å². The van der Waals surface area contributed by atoms with Crippen molar-refractivity contribution >= 4 is 45.2 Å². The molecule has 0 aliphatic heterocycles. The number of aromatic nitrogens is 1. The molecule has 0 aliphatic rings. The van der Waals surface area contributed by atoms with Gasteiger partial charge in [-0.1, -0.05) is 41.0 Å². The number of pyridine rings is 1. The number of hydrogen-bond acceptors (Lipinski definition) is 4. The van der Waals surface area contributed by atoms with Gasteiger partial charge in [-0.25, -0.2) is 9.37 Å². The number of amides is 2. The fourth-order valence-corrected chi connectivity index (χ4v) is 3.19. The maximum Gasteiger partial charge on any atom is 0.254 e. The van der Waals surface area contributed by atoms with Crippen LogP contribution in [0.15, 0.2) is 46.0 Å². The van der Waals surface area contributed by atoms with Gasteiger partial charge < -0.3 is 10.6 Å². The topological polar surface area (TPSA) is 71.1 Å². The highest BCUT2D eigenvalue weighted by molar-refractivity contribution is 9.10. The number of nitrogens with one attached hydrogen (secondary N) is 2. The van der Waals surface area contributed by atoms with Crippen molar-refractivity contribution < 1.29 is 14.0 Å². The second-order valence-corrected chi connectivity index (χ2v) is 7.31. The molecule has 2 aromatic rings. The van der Waals surface area contributed by atoms with Crippen molar-refractivity contribution in [3.63, 3.8) is 0 Å². The number of benzene rings is 1. The van der Waals surface area contributed by atoms with E-state index in [2.05, 4.69) is 31.5 Å². The van der Waals surface area contributed by atoms with Gasteiger partial charge in [0.2, 0.25) is 5.91 Å². The Kier molecular flexibility index (Phi) is 8.06. The molecule has 138 valence electrons. The molecule has 0 bridgehead atoms. The molecule has 2 amide bonds. The summed E-state index contributed by atoms with van der Waals surface area (Å²) in [6.07, 6.45) is 3.45. The second kappa shape index (κ2) is 10.3. The Morgan fingerprint density at radius 1 is 1.31 bits per heavy atom. The quantitative estimate of drug-likeness (QED) is 0.476. The molecular weight excluding hydrogens is 421 g/mol. The Labute approximate surface area is 164 Å². The van der Waals surface area contributed by atoms with Crippen molar-refractivity contribution in [2.24, 2.45) is 0 Å². The zero-order valence-electron chi connectivity index (χ0n) is 14.2. The molecule has 1 heterocycles. The van der Waals surface area contributed by atoms with Crippen LogP contribution in [0.4, 0.5) is 10.1 Å². The minimum atomic E-state index is -0.522. The van der Waals surface area contributed by atoms with Crippen molar-refractivity contribution in [1.82, 2.24) is 10.3 Å². The van der Waals surface area contributed by atoms with Crippen LogP contribution >= 0.6 is 27.7 Å². The maximum atomic E-state index is 13.8. The largest absolute Gasteiger partial charge is 0.352 e. The number of hydrogen-bond donors (Lipinski definition) is 2. The molecule has 2 N–H and O–H groups in total. The van der Waals surface area contributed by atoms with E-state index < -0.39 is 5.82 Å². The molecule has 26 heavy (non-hydrogen) atoms. The lowest BCUT2D eigenvalue weighted by Gasteiger charge is -2.09. The third-order valence-corrected chi connectivity index (χ3v) is 4.88. The maximum absolute atomic E-state index is 13.8. The minimum absolute atomic E-state index is 0.0156. The summed E-state index contributed by atoms with van der Waals surface area (Å²) < 4.78 is 14.4. The minimum Gasteiger partial charge on any atom is -0.352 e. The first-order chi connectivity index (χ1) is 12.5. The molecule has 1 aromatic heterocycles. The average molecular weight is 440 g/mol. The normalized spacial score (nSPS) is 10.4. The van der Waals surface area contributed by atoms with Gasteiger partial charge in [-0.2, -0.15) is 0 Å². The zero-order valence-corrected chi connectivity index (χ0v) is 16.6. The van der Waals surface area contributed by atoms with Crippen molar-refractivity contribution in [2.45, 2.75) is 24.8 Å². The van der Waals surface area contributed by atoms with Crippen LogP contribution in [0.1, 0.15) is 30.1 Å². The number of nitrogens with zero attached hydrogens (tertiary/aromatic N) is 1. The summed E-state index contributed by atoms with van der Waals surface area (Å²) in [5.74, 6) is -1.10. The third-order valence-electron chi connectivity index (χ3n) is 3.38. The van der Waals surface area contributed by atoms with Crippen LogP contribution in [0, 0.1) is 5.82 Å². The number of thioether (sulfide) groups is 1. The molecule has 0 atom stereocenters. The first kappa shape index (κ1) is 20.4. The Bertz CT molecular complexity index is 789. The van der Waals surface area contributed by atoms with Crippen LogP contribution in [0.5, 0.6) is 0 Å². The standard InChI is InChI=1S/C18H19BrFN3O2S/c1-2-3-8-21-17(25)13-5-4-9-22-18(13)26-11-16(24)23-15-7-6-12(19)10-14(15)20/h4-7,9-10H,2-3,8,11H2,1H3,(H,21,25)(H,23,24). The molecule has 2 rings (SSSR count). The van der Waals surface area contributed by atoms with E-state index in [4.69, 9.17) is 0 Å². The van der Waals surface area contributed by atoms with Gasteiger partial charge in [0.1, 0.15) is 10.8 Å². The summed E-state index contributed by atoms with van der Waals surface area (Å²) in [4.78, 5) is 28.5. The number of rotatable bonds is 8. The molecule has 5 nitrogen and oxygen atoms in total. The summed E-state index contributed by atoms with van der Waals surface area (Å²) in [6, 6.07) is 7.75. The molecule has 0 aliphatic carbocycles. The van der Waals surface area contributed by atoms with E-state index in [-0.39, 0.29) is 23.3 Å². The third kappa shape index (κ3) is 6.10. The summed E-state index contributed by atoms with van der Waals surface area (Å²) in [7, 11) is 0. The lowest BCUT2D eigenvalue weighted by molar-refractivity contribution is -0.113. The summed E-state index contributed by atoms with van der Waals surface area (Å²) in [5.41, 5.74) is 0.536. The molecule has 0 saturated carbocycles. The monoisotopic (exact) mass is 439 g/mol. The molecule has 0 radical (unpaired) electrons. The van der Waals surface area contributed by atoms with Gasteiger partial charge in [-0.05, 0) is 36.8 Å². The number of carbonyl (C=O) groups is 2. The lowest BCUT2D eigenvalue weighted by atomic mass is 10.2. The molecule has 0 fully saturated rings. The second-order valence-electron chi connectivity index (χ2n) is 5.43. The fourth-order valence-electron chi connectivity index (χ4n) is 2.06. The first-order valence-electron chi connectivity index (χ1n) is 8.12. The highest BCUT2D eigenvalue weighted by Crippen LogP contribution is 2.22. The van der Waals surface area contributed by atoms with Crippen molar-refractivity contribution in [1.29, 1.82) is 0 Å². The summed E-state index contributed by atoms with van der Waals surface area (Å²) in [6.45, 7) is 2.64. The number of carbonyl (C=O) groups excluding carboxylic acids is 2. The molecular formula is C18H19BrFN3O2S. The predicted molar refractivity (Wildman–Crippen MR) is 105 cm³/mol. The smallest absolute Gasteiger partial charge is 0.254 e. The van der Waals surface area contributed by atoms with Crippen LogP contribution in [0.3, 0.4) is 0 Å². The number of halogens is 2. The van der Waals surface area contributed by atoms with Gasteiger partial charge >= 0.3 is 0 Å². The Morgan fingerprint density at radius 2 is 2.12 bits per heavy atom. The van der Waals surface area contributed by atoms with Crippen LogP contribution in [-0.4, -0.2) is 29.1 Å². The summed E-state index contributed by atoms with van der Waals surface area (Å²) in [5, 5.41) is 5.81. The lowest BCUT2D eigenvalue weighted by Crippen LogP contribution is -2.25. The van der Waals surface area contributed by atoms with Crippen LogP contribution < -0.4 is 10.6 Å². The van der Waals surface area contributed by atoms with E-state index in [1.54, 1.807) is 24.4 Å². The summed E-state index contributed by atoms with van der Waals surface area (Å²) >= 11 is 4.30. The van der Waals surface area contributed by atoms with Crippen LogP contribution in [0.25, 0.3) is 0 Å². The molecule has 8 heteroatoms. The van der Waals surface area contributed by atoms with E-state index in [1.165, 1.54) is 12.1 Å². The molecule has 0 unspecified atom stereocenters. The van der Waals surface area contributed by atoms with Crippen molar-refractivity contribution in [3.05, 3.63) is 52.4 Å². The van der Waals surface area contributed by atoms with E-state index in [0.29, 0.717) is 21.6 Å². The predicted octanol–water partition coefficient (Wildman–Crippen LogP) is 4.24. The van der Waals surface area contributed by atoms with Crippen molar-refractivity contribution in [2.75, 3.05) is 17.6 Å². The van der Waals surface area contributed by atoms with E-state index >= 15 is 0 Å². The van der Waals surface area contributed by atoms with E-state index in [0.717, 1.165) is 24.6 Å². The molecule has 1 aromatic carbocycles. The Morgan fingerprint density at radius 3 is 2.85 bits per heavy atom. The highest BCUT2D eigenvalue weighted by atomic mass is 79.9. The highest BCUT2D eigenvalue weighted by Gasteiger charge is 2.14. The van der Waals surface area contributed by atoms with Crippen LogP contribution in [-0.2, 0) is 4.79 Å².